The number of hydrogen-bond acceptors (Lipinski definition) is 4. The topological polar surface area (TPSA) is 78.8 Å². The van der Waals surface area contributed by atoms with Crippen LogP contribution in [0, 0.1) is 0 Å². The van der Waals surface area contributed by atoms with E-state index < -0.39 is 17.4 Å². The minimum absolute atomic E-state index is 0.466. The summed E-state index contributed by atoms with van der Waals surface area (Å²) in [5.41, 5.74) is 0. The lowest BCUT2D eigenvalue weighted by Crippen LogP contribution is -2.23. The van der Waals surface area contributed by atoms with Crippen molar-refractivity contribution in [3.63, 3.8) is 0 Å². The van der Waals surface area contributed by atoms with E-state index in [0.29, 0.717) is 6.54 Å². The molecule has 0 rings (SSSR count). The molecular formula is C11H18N2O3. The molecule has 0 aromatic heterocycles. The molecule has 0 saturated carbocycles. The predicted molar refractivity (Wildman–Crippen MR) is 62.7 cm³/mol. The molecular weight excluding hydrogens is 208 g/mol. The van der Waals surface area contributed by atoms with Crippen LogP contribution in [0.15, 0.2) is 16.8 Å². The number of nitrogens with zero attached hydrogens (tertiary/aromatic N) is 1. The average molecular weight is 226 g/mol. The normalized spacial score (nSPS) is 11.8. The maximum atomic E-state index is 11.2. The van der Waals surface area contributed by atoms with Crippen molar-refractivity contribution in [3.05, 3.63) is 11.8 Å². The lowest BCUT2D eigenvalue weighted by molar-refractivity contribution is -0.117. The van der Waals surface area contributed by atoms with Crippen LogP contribution < -0.4 is 5.32 Å². The van der Waals surface area contributed by atoms with Crippen LogP contribution in [0.4, 0.5) is 0 Å². The second-order valence-corrected chi connectivity index (χ2v) is 3.28. The molecule has 90 valence electrons. The third-order valence-electron chi connectivity index (χ3n) is 1.85. The summed E-state index contributed by atoms with van der Waals surface area (Å²) >= 11 is 0. The summed E-state index contributed by atoms with van der Waals surface area (Å²) in [4.78, 5) is 25.6. The average Bonchev–Trinajstić information content (AvgIpc) is 2.24. The Bertz CT molecular complexity index is 296. The molecule has 0 fully saturated rings. The Kier molecular flexibility index (Phi) is 7.75. The van der Waals surface area contributed by atoms with Gasteiger partial charge in [0.2, 0.25) is 11.7 Å². The van der Waals surface area contributed by atoms with E-state index >= 15 is 0 Å². The molecule has 0 aromatic rings. The fraction of sp³-hybridized carbons (Fsp3) is 0.545. The van der Waals surface area contributed by atoms with Crippen LogP contribution in [0.25, 0.3) is 0 Å². The summed E-state index contributed by atoms with van der Waals surface area (Å²) in [6.07, 6.45) is 4.83. The van der Waals surface area contributed by atoms with Crippen LogP contribution >= 0.6 is 0 Å². The summed E-state index contributed by atoms with van der Waals surface area (Å²) < 4.78 is 0. The van der Waals surface area contributed by atoms with Crippen molar-refractivity contribution in [2.45, 2.75) is 26.2 Å². The Morgan fingerprint density at radius 1 is 1.38 bits per heavy atom. The first-order chi connectivity index (χ1) is 7.61. The number of carbonyl (C=O) groups is 2. The van der Waals surface area contributed by atoms with Crippen molar-refractivity contribution in [2.24, 2.45) is 4.99 Å². The summed E-state index contributed by atoms with van der Waals surface area (Å²) in [7, 11) is 1.41. The van der Waals surface area contributed by atoms with Crippen molar-refractivity contribution < 1.29 is 14.7 Å². The highest BCUT2D eigenvalue weighted by Gasteiger charge is 2.06. The molecule has 16 heavy (non-hydrogen) atoms. The van der Waals surface area contributed by atoms with E-state index in [1.165, 1.54) is 7.05 Å². The fourth-order valence-electron chi connectivity index (χ4n) is 1.02. The molecule has 0 spiro atoms. The molecule has 0 aliphatic heterocycles. The predicted octanol–water partition coefficient (Wildman–Crippen LogP) is 1.00. The SMILES string of the molecule is CCCCCNC(=O)/C=C(\O)C(=O)/C=N\C. The number of allylic oxidation sites excluding steroid dienone is 1. The van der Waals surface area contributed by atoms with Gasteiger partial charge in [-0.3, -0.25) is 14.6 Å². The fourth-order valence-corrected chi connectivity index (χ4v) is 1.02. The van der Waals surface area contributed by atoms with Crippen LogP contribution in [0.3, 0.4) is 0 Å². The van der Waals surface area contributed by atoms with Crippen LogP contribution in [0.2, 0.25) is 0 Å². The molecule has 0 aliphatic carbocycles. The molecule has 0 radical (unpaired) electrons. The van der Waals surface area contributed by atoms with Gasteiger partial charge in [0.05, 0.1) is 6.21 Å². The van der Waals surface area contributed by atoms with Crippen LogP contribution in [0.1, 0.15) is 26.2 Å². The number of Topliss-reactive ketones (excluding diaryl/α,β-unsaturated/α-hetero) is 1. The zero-order valence-electron chi connectivity index (χ0n) is 9.69. The number of rotatable bonds is 7. The van der Waals surface area contributed by atoms with Gasteiger partial charge in [-0.2, -0.15) is 0 Å². The second kappa shape index (κ2) is 8.64. The Hall–Kier alpha value is -1.65. The number of aliphatic imine (C=N–C) groups is 1. The molecule has 5 heteroatoms. The molecule has 5 nitrogen and oxygen atoms in total. The van der Waals surface area contributed by atoms with Gasteiger partial charge in [-0.15, -0.1) is 0 Å². The third-order valence-corrected chi connectivity index (χ3v) is 1.85. The van der Waals surface area contributed by atoms with Gasteiger partial charge in [-0.25, -0.2) is 0 Å². The maximum Gasteiger partial charge on any atom is 0.247 e. The first kappa shape index (κ1) is 14.3. The van der Waals surface area contributed by atoms with Crippen molar-refractivity contribution in [1.82, 2.24) is 5.32 Å². The van der Waals surface area contributed by atoms with Gasteiger partial charge in [-0.1, -0.05) is 19.8 Å². The first-order valence-electron chi connectivity index (χ1n) is 5.26. The van der Waals surface area contributed by atoms with Gasteiger partial charge >= 0.3 is 0 Å². The third kappa shape index (κ3) is 6.75. The first-order valence-corrected chi connectivity index (χ1v) is 5.26. The quantitative estimate of drug-likeness (QED) is 0.294. The molecule has 0 atom stereocenters. The number of amides is 1. The van der Waals surface area contributed by atoms with Crippen molar-refractivity contribution in [3.8, 4) is 0 Å². The van der Waals surface area contributed by atoms with Crippen LogP contribution in [-0.2, 0) is 9.59 Å². The van der Waals surface area contributed by atoms with E-state index in [0.717, 1.165) is 31.6 Å². The smallest absolute Gasteiger partial charge is 0.247 e. The van der Waals surface area contributed by atoms with E-state index in [9.17, 15) is 14.7 Å². The summed E-state index contributed by atoms with van der Waals surface area (Å²) in [5.74, 6) is -1.74. The zero-order valence-corrected chi connectivity index (χ0v) is 9.69. The molecule has 1 amide bonds. The Balaban J connectivity index is 4.01. The lowest BCUT2D eigenvalue weighted by atomic mass is 10.2. The monoisotopic (exact) mass is 226 g/mol. The van der Waals surface area contributed by atoms with Crippen LogP contribution in [-0.4, -0.2) is 36.6 Å². The van der Waals surface area contributed by atoms with E-state index in [-0.39, 0.29) is 0 Å². The van der Waals surface area contributed by atoms with Crippen molar-refractivity contribution in [1.29, 1.82) is 0 Å². The Morgan fingerprint density at radius 2 is 2.06 bits per heavy atom. The Morgan fingerprint density at radius 3 is 2.62 bits per heavy atom. The van der Waals surface area contributed by atoms with Gasteiger partial charge in [0.25, 0.3) is 0 Å². The summed E-state index contributed by atoms with van der Waals surface area (Å²) in [6.45, 7) is 2.61. The van der Waals surface area contributed by atoms with Crippen molar-refractivity contribution >= 4 is 17.9 Å². The Labute approximate surface area is 95.3 Å². The standard InChI is InChI=1S/C11H18N2O3/c1-3-4-5-6-13-11(16)7-9(14)10(15)8-12-2/h7-8,14H,3-6H2,1-2H3,(H,13,16)/b9-7-,12-8-. The summed E-state index contributed by atoms with van der Waals surface area (Å²) in [6, 6.07) is 0. The number of aliphatic hydroxyl groups excluding tert-OH is 1. The molecule has 0 aromatic carbocycles. The number of aliphatic hydroxyl groups is 1. The van der Waals surface area contributed by atoms with E-state index in [1.807, 2.05) is 0 Å². The van der Waals surface area contributed by atoms with E-state index in [2.05, 4.69) is 17.2 Å². The number of ketones is 1. The van der Waals surface area contributed by atoms with Crippen LogP contribution in [0.5, 0.6) is 0 Å². The number of hydrogen-bond donors (Lipinski definition) is 2. The highest BCUT2D eigenvalue weighted by molar-refractivity contribution is 6.34. The highest BCUT2D eigenvalue weighted by atomic mass is 16.3. The molecule has 0 saturated heterocycles. The largest absolute Gasteiger partial charge is 0.504 e. The number of unbranched alkanes of at least 4 members (excludes halogenated alkanes) is 2. The molecule has 0 bridgehead atoms. The van der Waals surface area contributed by atoms with Gasteiger partial charge in [0.15, 0.2) is 5.76 Å². The van der Waals surface area contributed by atoms with Gasteiger partial charge in [0.1, 0.15) is 0 Å². The molecule has 0 unspecified atom stereocenters. The minimum atomic E-state index is -0.675. The van der Waals surface area contributed by atoms with Gasteiger partial charge in [0, 0.05) is 19.7 Å². The molecule has 0 heterocycles. The molecule has 2 N–H and O–H groups in total. The highest BCUT2D eigenvalue weighted by Crippen LogP contribution is 1.92. The second-order valence-electron chi connectivity index (χ2n) is 3.28. The number of nitrogens with one attached hydrogen (secondary N) is 1. The van der Waals surface area contributed by atoms with Gasteiger partial charge < -0.3 is 10.4 Å². The lowest BCUT2D eigenvalue weighted by Gasteiger charge is -2.00. The molecule has 0 aliphatic rings. The van der Waals surface area contributed by atoms with E-state index in [4.69, 9.17) is 0 Å². The van der Waals surface area contributed by atoms with Gasteiger partial charge in [-0.05, 0) is 6.42 Å². The minimum Gasteiger partial charge on any atom is -0.504 e. The van der Waals surface area contributed by atoms with E-state index in [1.54, 1.807) is 0 Å². The summed E-state index contributed by atoms with van der Waals surface area (Å²) in [5, 5.41) is 11.8. The van der Waals surface area contributed by atoms with Crippen molar-refractivity contribution in [2.75, 3.05) is 13.6 Å². The maximum absolute atomic E-state index is 11.2. The zero-order chi connectivity index (χ0) is 12.4. The number of carbonyl (C=O) groups excluding carboxylic acids is 2.